The predicted molar refractivity (Wildman–Crippen MR) is 76.5 cm³/mol. The Kier molecular flexibility index (Phi) is 3.43. The molecule has 1 aromatic carbocycles. The van der Waals surface area contributed by atoms with E-state index in [1.165, 1.54) is 11.3 Å². The van der Waals surface area contributed by atoms with E-state index in [4.69, 9.17) is 0 Å². The average molecular weight is 293 g/mol. The van der Waals surface area contributed by atoms with Crippen LogP contribution in [0, 0.1) is 5.92 Å². The van der Waals surface area contributed by atoms with E-state index >= 15 is 0 Å². The standard InChI is InChI=1S/C14H15NO2S2/c16-19(17,13-7-4-10-18-13)15-14(12-8-9-12)11-5-2-1-3-6-11/h1-7,10,12,14-15H,8-9H2/t14-/m0/s1. The highest BCUT2D eigenvalue weighted by atomic mass is 32.2. The predicted octanol–water partition coefficient (Wildman–Crippen LogP) is 3.18. The van der Waals surface area contributed by atoms with E-state index in [1.807, 2.05) is 30.3 Å². The van der Waals surface area contributed by atoms with Crippen LogP contribution in [0.15, 0.2) is 52.1 Å². The topological polar surface area (TPSA) is 46.2 Å². The maximum Gasteiger partial charge on any atom is 0.250 e. The molecule has 5 heteroatoms. The Labute approximate surface area is 117 Å². The lowest BCUT2D eigenvalue weighted by atomic mass is 10.0. The largest absolute Gasteiger partial charge is 0.250 e. The van der Waals surface area contributed by atoms with Crippen LogP contribution in [0.5, 0.6) is 0 Å². The van der Waals surface area contributed by atoms with Crippen molar-refractivity contribution in [1.82, 2.24) is 4.72 Å². The summed E-state index contributed by atoms with van der Waals surface area (Å²) in [5.41, 5.74) is 1.05. The summed E-state index contributed by atoms with van der Waals surface area (Å²) in [6.45, 7) is 0. The molecule has 1 aliphatic rings. The maximum atomic E-state index is 12.3. The van der Waals surface area contributed by atoms with Crippen molar-refractivity contribution in [2.45, 2.75) is 23.1 Å². The van der Waals surface area contributed by atoms with Gasteiger partial charge in [-0.1, -0.05) is 36.4 Å². The van der Waals surface area contributed by atoms with Crippen LogP contribution in [-0.2, 0) is 10.0 Å². The Hall–Kier alpha value is -1.17. The number of hydrogen-bond donors (Lipinski definition) is 1. The van der Waals surface area contributed by atoms with Crippen molar-refractivity contribution in [2.24, 2.45) is 5.92 Å². The molecule has 0 radical (unpaired) electrons. The zero-order chi connectivity index (χ0) is 13.3. The molecule has 1 heterocycles. The first-order chi connectivity index (χ1) is 9.17. The van der Waals surface area contributed by atoms with Crippen LogP contribution >= 0.6 is 11.3 Å². The lowest BCUT2D eigenvalue weighted by Crippen LogP contribution is -2.29. The average Bonchev–Trinajstić information content (AvgIpc) is 3.09. The molecular formula is C14H15NO2S2. The number of thiophene rings is 1. The first-order valence-electron chi connectivity index (χ1n) is 6.27. The molecule has 2 aromatic rings. The van der Waals surface area contributed by atoms with Gasteiger partial charge < -0.3 is 0 Å². The molecule has 100 valence electrons. The van der Waals surface area contributed by atoms with Crippen LogP contribution in [0.4, 0.5) is 0 Å². The Balaban J connectivity index is 1.87. The molecule has 0 spiro atoms. The van der Waals surface area contributed by atoms with Crippen molar-refractivity contribution in [3.05, 3.63) is 53.4 Å². The molecule has 0 aliphatic heterocycles. The summed E-state index contributed by atoms with van der Waals surface area (Å²) in [4.78, 5) is 0. The lowest BCUT2D eigenvalue weighted by molar-refractivity contribution is 0.530. The van der Waals surface area contributed by atoms with E-state index in [1.54, 1.807) is 17.5 Å². The minimum Gasteiger partial charge on any atom is -0.206 e. The van der Waals surface area contributed by atoms with E-state index in [9.17, 15) is 8.42 Å². The Morgan fingerprint density at radius 1 is 1.11 bits per heavy atom. The van der Waals surface area contributed by atoms with Gasteiger partial charge in [0.15, 0.2) is 0 Å². The van der Waals surface area contributed by atoms with Gasteiger partial charge in [0.05, 0.1) is 0 Å². The van der Waals surface area contributed by atoms with Gasteiger partial charge in [-0.05, 0) is 35.8 Å². The van der Waals surface area contributed by atoms with Crippen molar-refractivity contribution in [1.29, 1.82) is 0 Å². The SMILES string of the molecule is O=S(=O)(N[C@@H](c1ccccc1)C1CC1)c1cccs1. The molecule has 0 unspecified atom stereocenters. The second kappa shape index (κ2) is 5.07. The summed E-state index contributed by atoms with van der Waals surface area (Å²) in [6.07, 6.45) is 2.18. The normalized spacial score (nSPS) is 17.3. The smallest absolute Gasteiger partial charge is 0.206 e. The van der Waals surface area contributed by atoms with Crippen molar-refractivity contribution in [3.63, 3.8) is 0 Å². The number of sulfonamides is 1. The van der Waals surface area contributed by atoms with E-state index in [2.05, 4.69) is 4.72 Å². The molecular weight excluding hydrogens is 278 g/mol. The second-order valence-electron chi connectivity index (χ2n) is 4.78. The molecule has 1 fully saturated rings. The zero-order valence-corrected chi connectivity index (χ0v) is 12.0. The van der Waals surface area contributed by atoms with Gasteiger partial charge in [0.1, 0.15) is 4.21 Å². The minimum absolute atomic E-state index is 0.103. The molecule has 3 nitrogen and oxygen atoms in total. The highest BCUT2D eigenvalue weighted by molar-refractivity contribution is 7.91. The Morgan fingerprint density at radius 3 is 2.42 bits per heavy atom. The highest BCUT2D eigenvalue weighted by Gasteiger charge is 2.35. The molecule has 1 N–H and O–H groups in total. The number of rotatable bonds is 5. The zero-order valence-electron chi connectivity index (χ0n) is 10.3. The molecule has 0 saturated heterocycles. The second-order valence-corrected chi connectivity index (χ2v) is 7.67. The first-order valence-corrected chi connectivity index (χ1v) is 8.64. The summed E-state index contributed by atoms with van der Waals surface area (Å²) in [7, 11) is -3.40. The maximum absolute atomic E-state index is 12.3. The summed E-state index contributed by atoms with van der Waals surface area (Å²) in [6, 6.07) is 13.1. The molecule has 0 bridgehead atoms. The van der Waals surface area contributed by atoms with Crippen LogP contribution in [0.3, 0.4) is 0 Å². The molecule has 3 rings (SSSR count). The van der Waals surface area contributed by atoms with Crippen molar-refractivity contribution in [3.8, 4) is 0 Å². The number of hydrogen-bond acceptors (Lipinski definition) is 3. The van der Waals surface area contributed by atoms with Crippen molar-refractivity contribution in [2.75, 3.05) is 0 Å². The van der Waals surface area contributed by atoms with Gasteiger partial charge in [-0.3, -0.25) is 0 Å². The van der Waals surface area contributed by atoms with Crippen LogP contribution in [0.1, 0.15) is 24.4 Å². The van der Waals surface area contributed by atoms with E-state index in [0.29, 0.717) is 10.1 Å². The van der Waals surface area contributed by atoms with Gasteiger partial charge in [0.2, 0.25) is 0 Å². The molecule has 1 aliphatic carbocycles. The van der Waals surface area contributed by atoms with E-state index in [-0.39, 0.29) is 6.04 Å². The fourth-order valence-electron chi connectivity index (χ4n) is 2.17. The lowest BCUT2D eigenvalue weighted by Gasteiger charge is -2.18. The van der Waals surface area contributed by atoms with Crippen LogP contribution in [-0.4, -0.2) is 8.42 Å². The van der Waals surface area contributed by atoms with E-state index < -0.39 is 10.0 Å². The monoisotopic (exact) mass is 293 g/mol. The number of nitrogens with one attached hydrogen (secondary N) is 1. The van der Waals surface area contributed by atoms with Gasteiger partial charge in [-0.2, -0.15) is 0 Å². The first kappa shape index (κ1) is 12.8. The fourth-order valence-corrected chi connectivity index (χ4v) is 4.47. The minimum atomic E-state index is -3.40. The van der Waals surface area contributed by atoms with Crippen molar-refractivity contribution >= 4 is 21.4 Å². The molecule has 1 saturated carbocycles. The molecule has 1 aromatic heterocycles. The Bertz CT molecular complexity index is 631. The van der Waals surface area contributed by atoms with Gasteiger partial charge in [0, 0.05) is 6.04 Å². The third-order valence-corrected chi connectivity index (χ3v) is 6.13. The third kappa shape index (κ3) is 2.88. The van der Waals surface area contributed by atoms with Gasteiger partial charge in [0.25, 0.3) is 10.0 Å². The molecule has 0 amide bonds. The van der Waals surface area contributed by atoms with Crippen LogP contribution < -0.4 is 4.72 Å². The third-order valence-electron chi connectivity index (χ3n) is 3.29. The van der Waals surface area contributed by atoms with Crippen LogP contribution in [0.2, 0.25) is 0 Å². The van der Waals surface area contributed by atoms with Gasteiger partial charge in [-0.25, -0.2) is 13.1 Å². The van der Waals surface area contributed by atoms with E-state index in [0.717, 1.165) is 18.4 Å². The summed E-state index contributed by atoms with van der Waals surface area (Å²) < 4.78 is 27.9. The number of benzene rings is 1. The van der Waals surface area contributed by atoms with Gasteiger partial charge >= 0.3 is 0 Å². The summed E-state index contributed by atoms with van der Waals surface area (Å²) >= 11 is 1.25. The highest BCUT2D eigenvalue weighted by Crippen LogP contribution is 2.41. The fraction of sp³-hybridized carbons (Fsp3) is 0.286. The Morgan fingerprint density at radius 2 is 1.84 bits per heavy atom. The molecule has 19 heavy (non-hydrogen) atoms. The quantitative estimate of drug-likeness (QED) is 0.920. The van der Waals surface area contributed by atoms with Crippen molar-refractivity contribution < 1.29 is 8.42 Å². The van der Waals surface area contributed by atoms with Gasteiger partial charge in [-0.15, -0.1) is 11.3 Å². The summed E-state index contributed by atoms with van der Waals surface area (Å²) in [5.74, 6) is 0.428. The summed E-state index contributed by atoms with van der Waals surface area (Å²) in [5, 5.41) is 1.78. The van der Waals surface area contributed by atoms with Crippen LogP contribution in [0.25, 0.3) is 0 Å². The molecule has 1 atom stereocenters.